The predicted molar refractivity (Wildman–Crippen MR) is 71.4 cm³/mol. The lowest BCUT2D eigenvalue weighted by atomic mass is 10.2. The Bertz CT molecular complexity index is 427. The van der Waals surface area contributed by atoms with E-state index in [1.807, 2.05) is 24.3 Å². The van der Waals surface area contributed by atoms with Crippen molar-refractivity contribution in [1.29, 1.82) is 0 Å². The molecule has 1 rings (SSSR count). The molecule has 18 heavy (non-hydrogen) atoms. The second-order valence-corrected chi connectivity index (χ2v) is 3.89. The number of nitrogens with one attached hydrogen (secondary N) is 1. The number of anilines is 1. The van der Waals surface area contributed by atoms with Gasteiger partial charge in [-0.2, -0.15) is 0 Å². The zero-order chi connectivity index (χ0) is 13.4. The highest BCUT2D eigenvalue weighted by atomic mass is 16.5. The molecule has 0 aliphatic rings. The predicted octanol–water partition coefficient (Wildman–Crippen LogP) is 2.36. The molecule has 0 atom stereocenters. The molecule has 4 heteroatoms. The Balaban J connectivity index is 2.53. The molecular formula is C14H19NO3. The zero-order valence-corrected chi connectivity index (χ0v) is 11.0. The molecule has 0 aliphatic heterocycles. The van der Waals surface area contributed by atoms with Crippen molar-refractivity contribution in [3.63, 3.8) is 0 Å². The lowest BCUT2D eigenvalue weighted by Crippen LogP contribution is -2.05. The Kier molecular flexibility index (Phi) is 5.94. The van der Waals surface area contributed by atoms with Crippen LogP contribution >= 0.6 is 0 Å². The number of hydrogen-bond donors (Lipinski definition) is 1. The third-order valence-corrected chi connectivity index (χ3v) is 2.46. The minimum Gasteiger partial charge on any atom is -0.466 e. The van der Waals surface area contributed by atoms with E-state index in [2.05, 4.69) is 10.1 Å². The molecule has 0 heterocycles. The van der Waals surface area contributed by atoms with Gasteiger partial charge in [0.25, 0.3) is 0 Å². The number of benzene rings is 1. The molecule has 0 radical (unpaired) electrons. The number of ether oxygens (including phenoxy) is 2. The smallest absolute Gasteiger partial charge is 0.333 e. The van der Waals surface area contributed by atoms with Crippen molar-refractivity contribution in [3.05, 3.63) is 41.5 Å². The van der Waals surface area contributed by atoms with Crippen molar-refractivity contribution in [2.75, 3.05) is 26.1 Å². The number of methoxy groups -OCH3 is 2. The third kappa shape index (κ3) is 4.59. The molecule has 1 N–H and O–H groups in total. The van der Waals surface area contributed by atoms with Crippen LogP contribution in [-0.2, 0) is 20.9 Å². The van der Waals surface area contributed by atoms with Crippen LogP contribution < -0.4 is 5.32 Å². The standard InChI is InChI=1S/C14H19NO3/c1-11(14(16)18-3)7-8-15-13-6-4-5-12(9-13)10-17-2/h4-7,9,15H,8,10H2,1-3H3/b11-7-. The van der Waals surface area contributed by atoms with Crippen LogP contribution in [-0.4, -0.2) is 26.7 Å². The lowest BCUT2D eigenvalue weighted by molar-refractivity contribution is -0.136. The summed E-state index contributed by atoms with van der Waals surface area (Å²) in [4.78, 5) is 11.2. The third-order valence-electron chi connectivity index (χ3n) is 2.46. The molecule has 0 bridgehead atoms. The van der Waals surface area contributed by atoms with Crippen LogP contribution in [0.5, 0.6) is 0 Å². The Morgan fingerprint density at radius 1 is 1.39 bits per heavy atom. The van der Waals surface area contributed by atoms with Crippen molar-refractivity contribution in [1.82, 2.24) is 0 Å². The van der Waals surface area contributed by atoms with Crippen LogP contribution in [0.15, 0.2) is 35.9 Å². The molecule has 0 amide bonds. The molecule has 0 spiro atoms. The Hall–Kier alpha value is -1.81. The van der Waals surface area contributed by atoms with Gasteiger partial charge in [0.15, 0.2) is 0 Å². The largest absolute Gasteiger partial charge is 0.466 e. The molecule has 98 valence electrons. The van der Waals surface area contributed by atoms with Gasteiger partial charge < -0.3 is 14.8 Å². The van der Waals surface area contributed by atoms with Crippen LogP contribution in [0, 0.1) is 0 Å². The molecule has 0 aromatic heterocycles. The van der Waals surface area contributed by atoms with E-state index in [4.69, 9.17) is 4.74 Å². The van der Waals surface area contributed by atoms with Crippen LogP contribution in [0.3, 0.4) is 0 Å². The first-order valence-corrected chi connectivity index (χ1v) is 5.74. The molecule has 0 saturated heterocycles. The summed E-state index contributed by atoms with van der Waals surface area (Å²) < 4.78 is 9.68. The highest BCUT2D eigenvalue weighted by molar-refractivity contribution is 5.87. The maximum absolute atomic E-state index is 11.2. The molecule has 1 aromatic carbocycles. The summed E-state index contributed by atoms with van der Waals surface area (Å²) in [6, 6.07) is 7.96. The van der Waals surface area contributed by atoms with E-state index in [1.54, 1.807) is 20.1 Å². The van der Waals surface area contributed by atoms with Gasteiger partial charge >= 0.3 is 5.97 Å². The van der Waals surface area contributed by atoms with Crippen molar-refractivity contribution in [2.45, 2.75) is 13.5 Å². The van der Waals surface area contributed by atoms with E-state index in [9.17, 15) is 4.79 Å². The summed E-state index contributed by atoms with van der Waals surface area (Å²) in [5.74, 6) is -0.301. The second kappa shape index (κ2) is 7.50. The van der Waals surface area contributed by atoms with Gasteiger partial charge in [-0.15, -0.1) is 0 Å². The first kappa shape index (κ1) is 14.3. The quantitative estimate of drug-likeness (QED) is 0.621. The van der Waals surface area contributed by atoms with Gasteiger partial charge in [-0.25, -0.2) is 4.79 Å². The van der Waals surface area contributed by atoms with Crippen molar-refractivity contribution >= 4 is 11.7 Å². The second-order valence-electron chi connectivity index (χ2n) is 3.89. The minimum absolute atomic E-state index is 0.301. The zero-order valence-electron chi connectivity index (χ0n) is 11.0. The van der Waals surface area contributed by atoms with Gasteiger partial charge in [-0.1, -0.05) is 18.2 Å². The SMILES string of the molecule is COCc1cccc(NC/C=C(/C)C(=O)OC)c1. The average Bonchev–Trinajstić information content (AvgIpc) is 2.38. The van der Waals surface area contributed by atoms with Gasteiger partial charge in [-0.3, -0.25) is 0 Å². The fourth-order valence-electron chi connectivity index (χ4n) is 1.50. The van der Waals surface area contributed by atoms with Crippen molar-refractivity contribution < 1.29 is 14.3 Å². The van der Waals surface area contributed by atoms with Gasteiger partial charge in [0.2, 0.25) is 0 Å². The Morgan fingerprint density at radius 2 is 2.17 bits per heavy atom. The molecule has 0 aliphatic carbocycles. The van der Waals surface area contributed by atoms with E-state index >= 15 is 0 Å². The molecular weight excluding hydrogens is 230 g/mol. The minimum atomic E-state index is -0.301. The Morgan fingerprint density at radius 3 is 2.83 bits per heavy atom. The van der Waals surface area contributed by atoms with Crippen LogP contribution in [0.4, 0.5) is 5.69 Å². The van der Waals surface area contributed by atoms with E-state index in [0.29, 0.717) is 18.7 Å². The topological polar surface area (TPSA) is 47.6 Å². The van der Waals surface area contributed by atoms with Crippen molar-refractivity contribution in [3.8, 4) is 0 Å². The summed E-state index contributed by atoms with van der Waals surface area (Å²) >= 11 is 0. The molecule has 1 aromatic rings. The maximum atomic E-state index is 11.2. The summed E-state index contributed by atoms with van der Waals surface area (Å²) in [7, 11) is 3.05. The van der Waals surface area contributed by atoms with Crippen LogP contribution in [0.1, 0.15) is 12.5 Å². The summed E-state index contributed by atoms with van der Waals surface area (Å²) in [6.07, 6.45) is 1.80. The summed E-state index contributed by atoms with van der Waals surface area (Å²) in [6.45, 7) is 2.90. The van der Waals surface area contributed by atoms with Crippen LogP contribution in [0.25, 0.3) is 0 Å². The molecule has 0 fully saturated rings. The van der Waals surface area contributed by atoms with E-state index in [0.717, 1.165) is 11.3 Å². The van der Waals surface area contributed by atoms with E-state index in [1.165, 1.54) is 7.11 Å². The molecule has 0 saturated carbocycles. The van der Waals surface area contributed by atoms with Gasteiger partial charge in [0, 0.05) is 24.9 Å². The highest BCUT2D eigenvalue weighted by Gasteiger charge is 2.01. The fraction of sp³-hybridized carbons (Fsp3) is 0.357. The number of rotatable bonds is 6. The van der Waals surface area contributed by atoms with E-state index in [-0.39, 0.29) is 5.97 Å². The number of esters is 1. The first-order chi connectivity index (χ1) is 8.67. The summed E-state index contributed by atoms with van der Waals surface area (Å²) in [5, 5.41) is 3.21. The van der Waals surface area contributed by atoms with E-state index < -0.39 is 0 Å². The van der Waals surface area contributed by atoms with Crippen molar-refractivity contribution in [2.24, 2.45) is 0 Å². The molecule has 0 unspecified atom stereocenters. The lowest BCUT2D eigenvalue weighted by Gasteiger charge is -2.06. The van der Waals surface area contributed by atoms with Gasteiger partial charge in [0.05, 0.1) is 13.7 Å². The van der Waals surface area contributed by atoms with Gasteiger partial charge in [-0.05, 0) is 24.6 Å². The number of carbonyl (C=O) groups is 1. The Labute approximate surface area is 108 Å². The first-order valence-electron chi connectivity index (χ1n) is 5.74. The fourth-order valence-corrected chi connectivity index (χ4v) is 1.50. The maximum Gasteiger partial charge on any atom is 0.333 e. The molecule has 4 nitrogen and oxygen atoms in total. The van der Waals surface area contributed by atoms with Crippen LogP contribution in [0.2, 0.25) is 0 Å². The monoisotopic (exact) mass is 249 g/mol. The summed E-state index contributed by atoms with van der Waals surface area (Å²) in [5.41, 5.74) is 2.70. The van der Waals surface area contributed by atoms with Gasteiger partial charge in [0.1, 0.15) is 0 Å². The number of hydrogen-bond acceptors (Lipinski definition) is 4. The average molecular weight is 249 g/mol. The highest BCUT2D eigenvalue weighted by Crippen LogP contribution is 2.11. The number of carbonyl (C=O) groups excluding carboxylic acids is 1. The normalized spacial score (nSPS) is 11.2.